The monoisotopic (exact) mass is 174 g/mol. The summed E-state index contributed by atoms with van der Waals surface area (Å²) in [6.45, 7) is 7.48. The quantitative estimate of drug-likeness (QED) is 0.471. The summed E-state index contributed by atoms with van der Waals surface area (Å²) in [4.78, 5) is 0. The van der Waals surface area contributed by atoms with Crippen LogP contribution in [0.25, 0.3) is 0 Å². The highest BCUT2D eigenvalue weighted by Crippen LogP contribution is 2.52. The highest BCUT2D eigenvalue weighted by atomic mass is 16.6. The molecule has 1 aliphatic heterocycles. The van der Waals surface area contributed by atoms with Crippen LogP contribution in [0.3, 0.4) is 0 Å². The molecule has 0 saturated carbocycles. The van der Waals surface area contributed by atoms with Crippen LogP contribution in [-0.2, 0) is 4.74 Å². The highest BCUT2D eigenvalue weighted by molar-refractivity contribution is 5.43. The van der Waals surface area contributed by atoms with E-state index in [1.807, 2.05) is 12.2 Å². The van der Waals surface area contributed by atoms with E-state index in [4.69, 9.17) is 4.74 Å². The number of hydrogen-bond acceptors (Lipinski definition) is 1. The molecule has 1 saturated heterocycles. The summed E-state index contributed by atoms with van der Waals surface area (Å²) in [6.07, 6.45) is 11.0. The molecule has 1 heteroatoms. The first-order chi connectivity index (χ1) is 6.32. The van der Waals surface area contributed by atoms with Crippen LogP contribution in [-0.4, -0.2) is 5.60 Å². The van der Waals surface area contributed by atoms with Crippen LogP contribution < -0.4 is 0 Å². The Hall–Kier alpha value is -1.24. The minimum Gasteiger partial charge on any atom is -0.478 e. The van der Waals surface area contributed by atoms with Crippen LogP contribution in [0, 0.1) is 0 Å². The first kappa shape index (κ1) is 8.36. The number of hydrogen-bond donors (Lipinski definition) is 0. The van der Waals surface area contributed by atoms with Crippen molar-refractivity contribution < 1.29 is 4.74 Å². The predicted molar refractivity (Wildman–Crippen MR) is 54.2 cm³/mol. The van der Waals surface area contributed by atoms with Gasteiger partial charge in [-0.2, -0.15) is 0 Å². The molecule has 0 N–H and O–H groups in total. The molecule has 0 spiro atoms. The Balaban J connectivity index is 2.20. The van der Waals surface area contributed by atoms with Crippen LogP contribution in [0.5, 0.6) is 0 Å². The minimum atomic E-state index is -0.00512. The van der Waals surface area contributed by atoms with Crippen molar-refractivity contribution in [1.29, 1.82) is 0 Å². The summed E-state index contributed by atoms with van der Waals surface area (Å²) in [7, 11) is 0. The average molecular weight is 174 g/mol. The predicted octanol–water partition coefficient (Wildman–Crippen LogP) is 3.12. The lowest BCUT2D eigenvalue weighted by Gasteiger charge is -2.06. The van der Waals surface area contributed by atoms with E-state index in [-0.39, 0.29) is 5.60 Å². The third-order valence-corrected chi connectivity index (χ3v) is 2.57. The molecule has 2 aliphatic rings. The van der Waals surface area contributed by atoms with Gasteiger partial charge in [-0.05, 0) is 12.0 Å². The lowest BCUT2D eigenvalue weighted by Crippen LogP contribution is -2.09. The van der Waals surface area contributed by atoms with Gasteiger partial charge in [0.05, 0.1) is 0 Å². The molecule has 1 atom stereocenters. The minimum absolute atomic E-state index is 0.00512. The van der Waals surface area contributed by atoms with Crippen LogP contribution in [0.2, 0.25) is 0 Å². The Labute approximate surface area is 79.1 Å². The molecule has 1 fully saturated rings. The second kappa shape index (κ2) is 2.91. The van der Waals surface area contributed by atoms with Crippen LogP contribution in [0.4, 0.5) is 0 Å². The molecular weight excluding hydrogens is 160 g/mol. The van der Waals surface area contributed by atoms with E-state index in [1.165, 1.54) is 5.57 Å². The van der Waals surface area contributed by atoms with E-state index in [0.29, 0.717) is 0 Å². The van der Waals surface area contributed by atoms with Gasteiger partial charge in [0.2, 0.25) is 0 Å². The Bertz CT molecular complexity index is 305. The molecule has 1 heterocycles. The van der Waals surface area contributed by atoms with E-state index < -0.39 is 0 Å². The van der Waals surface area contributed by atoms with Crippen molar-refractivity contribution >= 4 is 0 Å². The Morgan fingerprint density at radius 2 is 2.31 bits per heavy atom. The van der Waals surface area contributed by atoms with E-state index in [2.05, 4.69) is 25.3 Å². The Kier molecular flexibility index (Phi) is 1.87. The summed E-state index contributed by atoms with van der Waals surface area (Å²) in [5.74, 6) is 1.16. The van der Waals surface area contributed by atoms with E-state index >= 15 is 0 Å². The van der Waals surface area contributed by atoms with Gasteiger partial charge in [-0.25, -0.2) is 0 Å². The summed E-state index contributed by atoms with van der Waals surface area (Å²) in [5.41, 5.74) is 1.28. The fourth-order valence-electron chi connectivity index (χ4n) is 1.90. The lowest BCUT2D eigenvalue weighted by molar-refractivity contribution is 0.314. The fraction of sp³-hybridized carbons (Fsp3) is 0.333. The molecule has 13 heavy (non-hydrogen) atoms. The summed E-state index contributed by atoms with van der Waals surface area (Å²) in [5, 5.41) is 0. The summed E-state index contributed by atoms with van der Waals surface area (Å²) in [6, 6.07) is 0. The molecule has 0 aromatic heterocycles. The van der Waals surface area contributed by atoms with Gasteiger partial charge in [0.25, 0.3) is 0 Å². The van der Waals surface area contributed by atoms with Gasteiger partial charge >= 0.3 is 0 Å². The molecule has 1 aliphatic carbocycles. The van der Waals surface area contributed by atoms with Gasteiger partial charge in [-0.3, -0.25) is 0 Å². The number of allylic oxidation sites excluding steroid dienone is 3. The van der Waals surface area contributed by atoms with Gasteiger partial charge < -0.3 is 4.74 Å². The molecular formula is C12H14O. The largest absolute Gasteiger partial charge is 0.478 e. The van der Waals surface area contributed by atoms with Gasteiger partial charge in [0.1, 0.15) is 5.76 Å². The van der Waals surface area contributed by atoms with Crippen molar-refractivity contribution in [2.75, 3.05) is 0 Å². The number of rotatable bonds is 4. The standard InChI is InChI=1S/C12H14O/c1-3-6-10-7-5-9-12(8-4-2)11(10)13-12/h3-5,7H,1-2,6,8-9H2. The molecule has 0 amide bonds. The third-order valence-electron chi connectivity index (χ3n) is 2.57. The zero-order valence-electron chi connectivity index (χ0n) is 7.75. The average Bonchev–Trinajstić information content (AvgIpc) is 2.81. The maximum Gasteiger partial charge on any atom is 0.172 e. The van der Waals surface area contributed by atoms with Crippen LogP contribution in [0.15, 0.2) is 48.8 Å². The number of epoxide rings is 1. The van der Waals surface area contributed by atoms with Crippen molar-refractivity contribution in [3.8, 4) is 0 Å². The van der Waals surface area contributed by atoms with Crippen molar-refractivity contribution in [3.05, 3.63) is 48.8 Å². The maximum absolute atomic E-state index is 5.67. The van der Waals surface area contributed by atoms with Crippen molar-refractivity contribution in [3.63, 3.8) is 0 Å². The van der Waals surface area contributed by atoms with Gasteiger partial charge in [0, 0.05) is 12.8 Å². The zero-order chi connectivity index (χ0) is 9.31. The normalized spacial score (nSPS) is 29.2. The van der Waals surface area contributed by atoms with E-state index in [1.54, 1.807) is 0 Å². The SMILES string of the molecule is C=CCC1=C2OC2(CC=C)CC=C1. The van der Waals surface area contributed by atoms with E-state index in [9.17, 15) is 0 Å². The zero-order valence-corrected chi connectivity index (χ0v) is 7.75. The van der Waals surface area contributed by atoms with Gasteiger partial charge in [-0.15, -0.1) is 13.2 Å². The molecule has 0 aromatic carbocycles. The molecule has 0 radical (unpaired) electrons. The number of ether oxygens (including phenoxy) is 1. The van der Waals surface area contributed by atoms with Crippen molar-refractivity contribution in [1.82, 2.24) is 0 Å². The highest BCUT2D eigenvalue weighted by Gasteiger charge is 2.53. The molecule has 1 unspecified atom stereocenters. The van der Waals surface area contributed by atoms with Crippen molar-refractivity contribution in [2.24, 2.45) is 0 Å². The second-order valence-electron chi connectivity index (χ2n) is 3.54. The summed E-state index contributed by atoms with van der Waals surface area (Å²) >= 11 is 0. The van der Waals surface area contributed by atoms with E-state index in [0.717, 1.165) is 25.0 Å². The van der Waals surface area contributed by atoms with Crippen molar-refractivity contribution in [2.45, 2.75) is 24.9 Å². The first-order valence-electron chi connectivity index (χ1n) is 4.63. The second-order valence-corrected chi connectivity index (χ2v) is 3.54. The first-order valence-corrected chi connectivity index (χ1v) is 4.63. The third kappa shape index (κ3) is 1.24. The van der Waals surface area contributed by atoms with Gasteiger partial charge in [0.15, 0.2) is 5.60 Å². The Morgan fingerprint density at radius 3 is 3.00 bits per heavy atom. The maximum atomic E-state index is 5.67. The topological polar surface area (TPSA) is 12.5 Å². The number of fused-ring (bicyclic) bond motifs is 1. The molecule has 1 nitrogen and oxygen atoms in total. The molecule has 2 rings (SSSR count). The smallest absolute Gasteiger partial charge is 0.172 e. The Morgan fingerprint density at radius 1 is 1.46 bits per heavy atom. The molecule has 68 valence electrons. The fourth-order valence-corrected chi connectivity index (χ4v) is 1.90. The van der Waals surface area contributed by atoms with Gasteiger partial charge in [-0.1, -0.05) is 24.3 Å². The van der Waals surface area contributed by atoms with Crippen LogP contribution >= 0.6 is 0 Å². The lowest BCUT2D eigenvalue weighted by atomic mass is 9.92. The molecule has 0 bridgehead atoms. The summed E-state index contributed by atoms with van der Waals surface area (Å²) < 4.78 is 5.67. The van der Waals surface area contributed by atoms with Crippen LogP contribution in [0.1, 0.15) is 19.3 Å². The molecule has 0 aromatic rings.